The van der Waals surface area contributed by atoms with E-state index in [1.54, 1.807) is 0 Å². The molecule has 1 N–H and O–H groups in total. The predicted octanol–water partition coefficient (Wildman–Crippen LogP) is 4.39. The highest BCUT2D eigenvalue weighted by Gasteiger charge is 2.26. The standard InChI is InChI=1S/C14H18ClF2N/c1-2-7-18-12-6-4-3-5-9-10(15)8-11(16)14(17)13(9)12/h8,12,18H,2-7H2,1H3. The lowest BCUT2D eigenvalue weighted by molar-refractivity contribution is 0.444. The van der Waals surface area contributed by atoms with Gasteiger partial charge in [0.05, 0.1) is 0 Å². The summed E-state index contributed by atoms with van der Waals surface area (Å²) < 4.78 is 27.6. The number of halogens is 3. The van der Waals surface area contributed by atoms with Gasteiger partial charge in [0.1, 0.15) is 0 Å². The van der Waals surface area contributed by atoms with Crippen LogP contribution in [0.5, 0.6) is 0 Å². The molecule has 2 rings (SSSR count). The first-order valence-electron chi connectivity index (χ1n) is 6.54. The average molecular weight is 274 g/mol. The maximum absolute atomic E-state index is 14.0. The zero-order valence-corrected chi connectivity index (χ0v) is 11.3. The quantitative estimate of drug-likeness (QED) is 0.636. The summed E-state index contributed by atoms with van der Waals surface area (Å²) in [5.74, 6) is -1.58. The van der Waals surface area contributed by atoms with Crippen molar-refractivity contribution in [2.75, 3.05) is 6.54 Å². The zero-order chi connectivity index (χ0) is 13.1. The van der Waals surface area contributed by atoms with Crippen molar-refractivity contribution < 1.29 is 8.78 Å². The van der Waals surface area contributed by atoms with Crippen molar-refractivity contribution in [1.82, 2.24) is 5.32 Å². The van der Waals surface area contributed by atoms with Crippen molar-refractivity contribution in [1.29, 1.82) is 0 Å². The van der Waals surface area contributed by atoms with Crippen molar-refractivity contribution in [3.63, 3.8) is 0 Å². The van der Waals surface area contributed by atoms with Gasteiger partial charge in [0.2, 0.25) is 0 Å². The van der Waals surface area contributed by atoms with Gasteiger partial charge >= 0.3 is 0 Å². The van der Waals surface area contributed by atoms with E-state index < -0.39 is 11.6 Å². The fourth-order valence-corrected chi connectivity index (χ4v) is 2.88. The van der Waals surface area contributed by atoms with Gasteiger partial charge in [0.15, 0.2) is 11.6 Å². The van der Waals surface area contributed by atoms with Crippen molar-refractivity contribution >= 4 is 11.6 Å². The summed E-state index contributed by atoms with van der Waals surface area (Å²) in [7, 11) is 0. The molecule has 1 atom stereocenters. The number of hydrogen-bond acceptors (Lipinski definition) is 1. The molecule has 0 spiro atoms. The molecule has 1 aromatic rings. The van der Waals surface area contributed by atoms with Gasteiger partial charge in [-0.05, 0) is 43.9 Å². The van der Waals surface area contributed by atoms with Crippen LogP contribution in [0, 0.1) is 11.6 Å². The van der Waals surface area contributed by atoms with Gasteiger partial charge in [-0.15, -0.1) is 0 Å². The largest absolute Gasteiger partial charge is 0.310 e. The Balaban J connectivity index is 2.44. The molecule has 1 aliphatic carbocycles. The number of rotatable bonds is 3. The minimum atomic E-state index is -0.844. The highest BCUT2D eigenvalue weighted by molar-refractivity contribution is 6.31. The summed E-state index contributed by atoms with van der Waals surface area (Å²) >= 11 is 6.06. The van der Waals surface area contributed by atoms with Crippen molar-refractivity contribution in [2.45, 2.75) is 45.1 Å². The van der Waals surface area contributed by atoms with Gasteiger partial charge in [0.25, 0.3) is 0 Å². The third kappa shape index (κ3) is 2.67. The van der Waals surface area contributed by atoms with E-state index in [4.69, 9.17) is 11.6 Å². The maximum atomic E-state index is 14.0. The van der Waals surface area contributed by atoms with Crippen LogP contribution in [-0.2, 0) is 6.42 Å². The molecule has 0 aliphatic heterocycles. The summed E-state index contributed by atoms with van der Waals surface area (Å²) in [4.78, 5) is 0. The Bertz CT molecular complexity index is 434. The van der Waals surface area contributed by atoms with E-state index in [0.717, 1.165) is 50.3 Å². The van der Waals surface area contributed by atoms with Crippen LogP contribution in [0.25, 0.3) is 0 Å². The summed E-state index contributed by atoms with van der Waals surface area (Å²) in [6.45, 7) is 2.86. The molecule has 0 fully saturated rings. The number of benzene rings is 1. The molecule has 18 heavy (non-hydrogen) atoms. The molecule has 0 saturated carbocycles. The Morgan fingerprint density at radius 3 is 2.89 bits per heavy atom. The van der Waals surface area contributed by atoms with Crippen LogP contribution in [0.2, 0.25) is 5.02 Å². The van der Waals surface area contributed by atoms with E-state index in [-0.39, 0.29) is 6.04 Å². The van der Waals surface area contributed by atoms with E-state index in [0.29, 0.717) is 10.6 Å². The highest BCUT2D eigenvalue weighted by atomic mass is 35.5. The average Bonchev–Trinajstić information content (AvgIpc) is 2.56. The molecule has 0 radical (unpaired) electrons. The fraction of sp³-hybridized carbons (Fsp3) is 0.571. The second-order valence-electron chi connectivity index (χ2n) is 4.80. The van der Waals surface area contributed by atoms with Crippen molar-refractivity contribution in [3.05, 3.63) is 33.9 Å². The Labute approximate surface area is 112 Å². The Kier molecular flexibility index (Phi) is 4.57. The van der Waals surface area contributed by atoms with E-state index in [1.165, 1.54) is 0 Å². The topological polar surface area (TPSA) is 12.0 Å². The second kappa shape index (κ2) is 5.98. The van der Waals surface area contributed by atoms with Crippen LogP contribution in [0.1, 0.15) is 49.8 Å². The normalized spacial score (nSPS) is 19.4. The number of fused-ring (bicyclic) bond motifs is 1. The molecule has 1 aromatic carbocycles. The molecule has 4 heteroatoms. The van der Waals surface area contributed by atoms with Crippen LogP contribution in [0.3, 0.4) is 0 Å². The minimum absolute atomic E-state index is 0.115. The summed E-state index contributed by atoms with van der Waals surface area (Å²) in [5.41, 5.74) is 1.23. The van der Waals surface area contributed by atoms with Crippen molar-refractivity contribution in [2.24, 2.45) is 0 Å². The van der Waals surface area contributed by atoms with E-state index >= 15 is 0 Å². The van der Waals surface area contributed by atoms with Crippen LogP contribution in [0.15, 0.2) is 6.07 Å². The van der Waals surface area contributed by atoms with Crippen LogP contribution < -0.4 is 5.32 Å². The lowest BCUT2D eigenvalue weighted by Crippen LogP contribution is -2.24. The fourth-order valence-electron chi connectivity index (χ4n) is 2.59. The van der Waals surface area contributed by atoms with Gasteiger partial charge in [-0.2, -0.15) is 0 Å². The van der Waals surface area contributed by atoms with Crippen molar-refractivity contribution in [3.8, 4) is 0 Å². The van der Waals surface area contributed by atoms with Gasteiger partial charge < -0.3 is 5.32 Å². The summed E-state index contributed by atoms with van der Waals surface area (Å²) in [6.07, 6.45) is 4.52. The zero-order valence-electron chi connectivity index (χ0n) is 10.5. The molecule has 0 aromatic heterocycles. The molecular weight excluding hydrogens is 256 g/mol. The molecule has 0 bridgehead atoms. The third-order valence-electron chi connectivity index (χ3n) is 3.47. The molecule has 1 aliphatic rings. The first-order chi connectivity index (χ1) is 8.65. The van der Waals surface area contributed by atoms with E-state index in [2.05, 4.69) is 12.2 Å². The molecule has 0 heterocycles. The minimum Gasteiger partial charge on any atom is -0.310 e. The predicted molar refractivity (Wildman–Crippen MR) is 70.0 cm³/mol. The lowest BCUT2D eigenvalue weighted by Gasteiger charge is -2.20. The van der Waals surface area contributed by atoms with Gasteiger partial charge in [-0.3, -0.25) is 0 Å². The number of nitrogens with one attached hydrogen (secondary N) is 1. The van der Waals surface area contributed by atoms with Gasteiger partial charge in [-0.25, -0.2) is 8.78 Å². The van der Waals surface area contributed by atoms with Crippen LogP contribution in [-0.4, -0.2) is 6.54 Å². The Morgan fingerprint density at radius 2 is 2.17 bits per heavy atom. The molecule has 0 saturated heterocycles. The summed E-state index contributed by atoms with van der Waals surface area (Å²) in [5, 5.41) is 3.65. The van der Waals surface area contributed by atoms with Crippen LogP contribution >= 0.6 is 11.6 Å². The second-order valence-corrected chi connectivity index (χ2v) is 5.21. The van der Waals surface area contributed by atoms with E-state index in [9.17, 15) is 8.78 Å². The Morgan fingerprint density at radius 1 is 1.39 bits per heavy atom. The molecular formula is C14H18ClF2N. The first-order valence-corrected chi connectivity index (χ1v) is 6.92. The third-order valence-corrected chi connectivity index (χ3v) is 3.81. The SMILES string of the molecule is CCCNC1CCCCc2c(Cl)cc(F)c(F)c21. The molecule has 0 amide bonds. The maximum Gasteiger partial charge on any atom is 0.163 e. The molecule has 1 nitrogen and oxygen atoms in total. The molecule has 100 valence electrons. The monoisotopic (exact) mass is 273 g/mol. The lowest BCUT2D eigenvalue weighted by atomic mass is 9.97. The molecule has 1 unspecified atom stereocenters. The number of hydrogen-bond donors (Lipinski definition) is 1. The smallest absolute Gasteiger partial charge is 0.163 e. The first kappa shape index (κ1) is 13.8. The van der Waals surface area contributed by atoms with E-state index in [1.807, 2.05) is 0 Å². The van der Waals surface area contributed by atoms with Gasteiger partial charge in [0, 0.05) is 16.6 Å². The van der Waals surface area contributed by atoms with Gasteiger partial charge in [-0.1, -0.05) is 24.9 Å². The van der Waals surface area contributed by atoms with Crippen LogP contribution in [0.4, 0.5) is 8.78 Å². The Hall–Kier alpha value is -0.670. The highest BCUT2D eigenvalue weighted by Crippen LogP contribution is 2.36. The summed E-state index contributed by atoms with van der Waals surface area (Å²) in [6, 6.07) is 0.980.